The van der Waals surface area contributed by atoms with Crippen molar-refractivity contribution in [1.82, 2.24) is 0 Å². The summed E-state index contributed by atoms with van der Waals surface area (Å²) in [5.74, 6) is -0.495. The molecule has 0 saturated carbocycles. The monoisotopic (exact) mass is 301 g/mol. The summed E-state index contributed by atoms with van der Waals surface area (Å²) in [6, 6.07) is 9.94. The van der Waals surface area contributed by atoms with Crippen LogP contribution in [0.15, 0.2) is 42.5 Å². The Kier molecular flexibility index (Phi) is 4.54. The molecule has 8 heteroatoms. The smallest absolute Gasteiger partial charge is 0.423 e. The Morgan fingerprint density at radius 1 is 1.23 bits per heavy atom. The number of nitrogens with zero attached hydrogens (tertiary/aromatic N) is 1. The largest absolute Gasteiger partial charge is 0.488 e. The van der Waals surface area contributed by atoms with Gasteiger partial charge in [-0.2, -0.15) is 0 Å². The summed E-state index contributed by atoms with van der Waals surface area (Å²) in [7, 11) is -1.93. The molecule has 112 valence electrons. The van der Waals surface area contributed by atoms with Crippen molar-refractivity contribution in [2.24, 2.45) is 0 Å². The molecule has 0 fully saturated rings. The summed E-state index contributed by atoms with van der Waals surface area (Å²) in [4.78, 5) is 22.2. The Bertz CT molecular complexity index is 731. The molecule has 0 aliphatic heterocycles. The van der Waals surface area contributed by atoms with Gasteiger partial charge in [-0.15, -0.1) is 0 Å². The third kappa shape index (κ3) is 3.49. The topological polar surface area (TPSA) is 110 Å². The lowest BCUT2D eigenvalue weighted by Gasteiger charge is -2.08. The summed E-state index contributed by atoms with van der Waals surface area (Å²) in [5.41, 5.74) is -0.00230. The van der Waals surface area contributed by atoms with Crippen LogP contribution in [0.4, 0.5) is 5.69 Å². The molecular weight excluding hydrogens is 289 g/mol. The van der Waals surface area contributed by atoms with Gasteiger partial charge in [-0.25, -0.2) is 4.79 Å². The first-order chi connectivity index (χ1) is 10.4. The number of nitro benzene ring substituents is 1. The molecule has 0 aromatic heterocycles. The lowest BCUT2D eigenvalue weighted by Crippen LogP contribution is -2.31. The first-order valence-corrected chi connectivity index (χ1v) is 6.32. The number of carbonyl (C=O) groups is 1. The van der Waals surface area contributed by atoms with Gasteiger partial charge in [-0.05, 0) is 30.1 Å². The van der Waals surface area contributed by atoms with Gasteiger partial charge in [0.2, 0.25) is 0 Å². The van der Waals surface area contributed by atoms with Crippen molar-refractivity contribution < 1.29 is 24.5 Å². The van der Waals surface area contributed by atoms with Gasteiger partial charge in [0.15, 0.2) is 0 Å². The molecule has 22 heavy (non-hydrogen) atoms. The minimum absolute atomic E-state index is 0.138. The maximum absolute atomic E-state index is 12.1. The van der Waals surface area contributed by atoms with Crippen LogP contribution in [-0.2, 0) is 0 Å². The molecule has 0 radical (unpaired) electrons. The highest BCUT2D eigenvalue weighted by atomic mass is 16.6. The number of hydrogen-bond acceptors (Lipinski definition) is 6. The quantitative estimate of drug-likeness (QED) is 0.284. The first-order valence-electron chi connectivity index (χ1n) is 6.32. The summed E-state index contributed by atoms with van der Waals surface area (Å²) < 4.78 is 5.18. The molecule has 0 amide bonds. The van der Waals surface area contributed by atoms with E-state index in [4.69, 9.17) is 14.8 Å². The Balaban J connectivity index is 2.37. The zero-order valence-corrected chi connectivity index (χ0v) is 11.6. The van der Waals surface area contributed by atoms with Crippen molar-refractivity contribution in [2.75, 3.05) is 0 Å². The van der Waals surface area contributed by atoms with E-state index < -0.39 is 23.7 Å². The van der Waals surface area contributed by atoms with Crippen LogP contribution in [0.2, 0.25) is 0 Å². The maximum Gasteiger partial charge on any atom is 0.488 e. The van der Waals surface area contributed by atoms with Crippen LogP contribution in [0.5, 0.6) is 5.75 Å². The summed E-state index contributed by atoms with van der Waals surface area (Å²) in [6.07, 6.45) is 0. The lowest BCUT2D eigenvalue weighted by molar-refractivity contribution is -0.384. The van der Waals surface area contributed by atoms with Crippen molar-refractivity contribution >= 4 is 24.2 Å². The molecule has 2 rings (SSSR count). The van der Waals surface area contributed by atoms with Crippen LogP contribution in [0.3, 0.4) is 0 Å². The second-order valence-corrected chi connectivity index (χ2v) is 4.60. The van der Waals surface area contributed by atoms with E-state index in [0.29, 0.717) is 5.75 Å². The Morgan fingerprint density at radius 2 is 1.91 bits per heavy atom. The lowest BCUT2D eigenvalue weighted by atomic mass is 9.79. The van der Waals surface area contributed by atoms with Crippen LogP contribution in [0.1, 0.15) is 15.9 Å². The van der Waals surface area contributed by atoms with Crippen LogP contribution >= 0.6 is 0 Å². The first kappa shape index (κ1) is 15.7. The van der Waals surface area contributed by atoms with E-state index in [1.54, 1.807) is 31.2 Å². The van der Waals surface area contributed by atoms with Gasteiger partial charge in [0.25, 0.3) is 5.69 Å². The molecule has 7 nitrogen and oxygen atoms in total. The van der Waals surface area contributed by atoms with Gasteiger partial charge in [0.05, 0.1) is 10.5 Å². The standard InChI is InChI=1S/C14H12BNO6/c1-9-4-2-3-5-13(9)22-14(17)10-6-11(15(18)19)8-12(7-10)16(20)21/h2-8,18-19H,1H3. The van der Waals surface area contributed by atoms with Crippen molar-refractivity contribution in [1.29, 1.82) is 0 Å². The zero-order valence-electron chi connectivity index (χ0n) is 11.6. The number of esters is 1. The molecule has 0 bridgehead atoms. The van der Waals surface area contributed by atoms with Crippen molar-refractivity contribution in [3.8, 4) is 5.75 Å². The number of non-ortho nitro benzene ring substituents is 1. The average molecular weight is 301 g/mol. The highest BCUT2D eigenvalue weighted by Crippen LogP contribution is 2.19. The average Bonchev–Trinajstić information content (AvgIpc) is 2.49. The van der Waals surface area contributed by atoms with E-state index in [0.717, 1.165) is 23.8 Å². The minimum atomic E-state index is -1.93. The fourth-order valence-electron chi connectivity index (χ4n) is 1.84. The fourth-order valence-corrected chi connectivity index (χ4v) is 1.84. The molecule has 0 heterocycles. The zero-order chi connectivity index (χ0) is 16.3. The third-order valence-electron chi connectivity index (χ3n) is 2.98. The van der Waals surface area contributed by atoms with Crippen LogP contribution in [0, 0.1) is 17.0 Å². The van der Waals surface area contributed by atoms with Gasteiger partial charge < -0.3 is 14.8 Å². The summed E-state index contributed by atoms with van der Waals surface area (Å²) in [6.45, 7) is 1.75. The second kappa shape index (κ2) is 6.38. The van der Waals surface area contributed by atoms with Gasteiger partial charge >= 0.3 is 13.1 Å². The Morgan fingerprint density at radius 3 is 2.50 bits per heavy atom. The highest BCUT2D eigenvalue weighted by Gasteiger charge is 2.21. The molecule has 0 saturated heterocycles. The number of rotatable bonds is 4. The van der Waals surface area contributed by atoms with Gasteiger partial charge in [-0.1, -0.05) is 18.2 Å². The summed E-state index contributed by atoms with van der Waals surface area (Å²) in [5, 5.41) is 29.2. The predicted molar refractivity (Wildman–Crippen MR) is 79.1 cm³/mol. The molecule has 0 atom stereocenters. The number of ether oxygens (including phenoxy) is 1. The van der Waals surface area contributed by atoms with Crippen molar-refractivity contribution in [3.05, 3.63) is 63.7 Å². The van der Waals surface area contributed by atoms with E-state index >= 15 is 0 Å². The number of nitro groups is 1. The number of aryl methyl sites for hydroxylation is 1. The van der Waals surface area contributed by atoms with Crippen LogP contribution < -0.4 is 10.2 Å². The highest BCUT2D eigenvalue weighted by molar-refractivity contribution is 6.58. The van der Waals surface area contributed by atoms with Gasteiger partial charge in [0.1, 0.15) is 5.75 Å². The minimum Gasteiger partial charge on any atom is -0.423 e. The molecule has 2 aromatic rings. The number of carbonyl (C=O) groups excluding carboxylic acids is 1. The summed E-state index contributed by atoms with van der Waals surface area (Å²) >= 11 is 0. The molecule has 0 spiro atoms. The number of hydrogen-bond donors (Lipinski definition) is 2. The maximum atomic E-state index is 12.1. The molecule has 0 aliphatic rings. The molecule has 2 N–H and O–H groups in total. The van der Waals surface area contributed by atoms with Crippen LogP contribution in [0.25, 0.3) is 0 Å². The van der Waals surface area contributed by atoms with E-state index in [1.807, 2.05) is 0 Å². The molecule has 0 unspecified atom stereocenters. The number of benzene rings is 2. The van der Waals surface area contributed by atoms with Crippen LogP contribution in [-0.4, -0.2) is 28.1 Å². The van der Waals surface area contributed by atoms with E-state index in [-0.39, 0.29) is 11.0 Å². The molecular formula is C14H12BNO6. The van der Waals surface area contributed by atoms with E-state index in [2.05, 4.69) is 0 Å². The fraction of sp³-hybridized carbons (Fsp3) is 0.0714. The SMILES string of the molecule is Cc1ccccc1OC(=O)c1cc(B(O)O)cc([N+](=O)[O-])c1. The normalized spacial score (nSPS) is 10.1. The Hall–Kier alpha value is -2.71. The van der Waals surface area contributed by atoms with Gasteiger partial charge in [-0.3, -0.25) is 10.1 Å². The second-order valence-electron chi connectivity index (χ2n) is 4.60. The molecule has 2 aromatic carbocycles. The Labute approximate surface area is 126 Å². The predicted octanol–water partition coefficient (Wildman–Crippen LogP) is 0.802. The third-order valence-corrected chi connectivity index (χ3v) is 2.98. The van der Waals surface area contributed by atoms with E-state index in [9.17, 15) is 14.9 Å². The number of para-hydroxylation sites is 1. The molecule has 0 aliphatic carbocycles. The van der Waals surface area contributed by atoms with Gasteiger partial charge in [0, 0.05) is 12.1 Å². The van der Waals surface area contributed by atoms with Crippen molar-refractivity contribution in [2.45, 2.75) is 6.92 Å². The van der Waals surface area contributed by atoms with E-state index in [1.165, 1.54) is 0 Å². The van der Waals surface area contributed by atoms with Crippen molar-refractivity contribution in [3.63, 3.8) is 0 Å².